The van der Waals surface area contributed by atoms with Crippen LogP contribution in [0.4, 0.5) is 14.5 Å². The van der Waals surface area contributed by atoms with Gasteiger partial charge in [0, 0.05) is 24.3 Å². The van der Waals surface area contributed by atoms with Crippen LogP contribution in [0.3, 0.4) is 0 Å². The van der Waals surface area contributed by atoms with Crippen LogP contribution >= 0.6 is 0 Å². The second-order valence-corrected chi connectivity index (χ2v) is 8.71. The molecule has 3 rings (SSSR count). The summed E-state index contributed by atoms with van der Waals surface area (Å²) in [4.78, 5) is 14.5. The molecule has 5 nitrogen and oxygen atoms in total. The summed E-state index contributed by atoms with van der Waals surface area (Å²) in [5.41, 5.74) is -0.218. The van der Waals surface area contributed by atoms with Gasteiger partial charge < -0.3 is 15.2 Å². The predicted molar refractivity (Wildman–Crippen MR) is 116 cm³/mol. The highest BCUT2D eigenvalue weighted by Gasteiger charge is 2.43. The van der Waals surface area contributed by atoms with Crippen LogP contribution in [0.25, 0.3) is 0 Å². The van der Waals surface area contributed by atoms with E-state index in [4.69, 9.17) is 4.74 Å². The molecule has 1 saturated heterocycles. The lowest BCUT2D eigenvalue weighted by molar-refractivity contribution is -0.129. The second kappa shape index (κ2) is 9.75. The number of hydrogen-bond acceptors (Lipinski definition) is 4. The second-order valence-electron chi connectivity index (χ2n) is 8.71. The molecule has 0 aromatic heterocycles. The molecule has 1 amide bonds. The van der Waals surface area contributed by atoms with Crippen LogP contribution in [-0.2, 0) is 4.79 Å². The number of carbonyl (C=O) groups is 1. The molecule has 168 valence electrons. The highest BCUT2D eigenvalue weighted by molar-refractivity contribution is 5.93. The lowest BCUT2D eigenvalue weighted by atomic mass is 9.81. The molecule has 0 radical (unpaired) electrons. The summed E-state index contributed by atoms with van der Waals surface area (Å²) in [5, 5.41) is 14.1. The Hall–Kier alpha value is -2.51. The zero-order valence-electron chi connectivity index (χ0n) is 18.2. The first-order valence-electron chi connectivity index (χ1n) is 10.6. The van der Waals surface area contributed by atoms with Gasteiger partial charge in [-0.15, -0.1) is 0 Å². The fraction of sp³-hybridized carbons (Fsp3) is 0.458. The number of amides is 1. The summed E-state index contributed by atoms with van der Waals surface area (Å²) in [7, 11) is 0. The maximum Gasteiger partial charge on any atom is 0.238 e. The molecule has 7 heteroatoms. The predicted octanol–water partition coefficient (Wildman–Crippen LogP) is 4.14. The summed E-state index contributed by atoms with van der Waals surface area (Å²) in [5.74, 6) is -0.268. The molecule has 0 spiro atoms. The Labute approximate surface area is 182 Å². The van der Waals surface area contributed by atoms with Gasteiger partial charge in [0.15, 0.2) is 0 Å². The molecular weight excluding hydrogens is 402 g/mol. The quantitative estimate of drug-likeness (QED) is 0.690. The highest BCUT2D eigenvalue weighted by atomic mass is 19.1. The summed E-state index contributed by atoms with van der Waals surface area (Å²) in [6.45, 7) is 6.65. The minimum atomic E-state index is -1.05. The van der Waals surface area contributed by atoms with Gasteiger partial charge in [-0.3, -0.25) is 9.69 Å². The van der Waals surface area contributed by atoms with Crippen molar-refractivity contribution < 1.29 is 23.4 Å². The smallest absolute Gasteiger partial charge is 0.238 e. The molecule has 1 aliphatic heterocycles. The fourth-order valence-corrected chi connectivity index (χ4v) is 4.05. The van der Waals surface area contributed by atoms with E-state index in [0.717, 1.165) is 0 Å². The number of hydrogen-bond donors (Lipinski definition) is 2. The minimum Gasteiger partial charge on any atom is -0.486 e. The summed E-state index contributed by atoms with van der Waals surface area (Å²) >= 11 is 0. The number of halogens is 2. The topological polar surface area (TPSA) is 61.8 Å². The van der Waals surface area contributed by atoms with E-state index in [-0.39, 0.29) is 30.0 Å². The van der Waals surface area contributed by atoms with Crippen molar-refractivity contribution in [2.75, 3.05) is 25.0 Å². The van der Waals surface area contributed by atoms with E-state index in [1.165, 1.54) is 30.3 Å². The van der Waals surface area contributed by atoms with Crippen LogP contribution in [0.5, 0.6) is 5.75 Å². The number of rotatable bonds is 7. The van der Waals surface area contributed by atoms with Crippen LogP contribution in [-0.4, -0.2) is 47.3 Å². The number of benzene rings is 2. The monoisotopic (exact) mass is 432 g/mol. The van der Waals surface area contributed by atoms with E-state index in [9.17, 15) is 18.7 Å². The van der Waals surface area contributed by atoms with Crippen LogP contribution in [0.2, 0.25) is 0 Å². The summed E-state index contributed by atoms with van der Waals surface area (Å²) < 4.78 is 33.0. The number of piperidine rings is 1. The van der Waals surface area contributed by atoms with Gasteiger partial charge in [-0.25, -0.2) is 8.78 Å². The Bertz CT molecular complexity index is 904. The molecule has 1 aliphatic rings. The zero-order chi connectivity index (χ0) is 22.6. The fourth-order valence-electron chi connectivity index (χ4n) is 4.05. The Morgan fingerprint density at radius 1 is 1.26 bits per heavy atom. The first-order valence-corrected chi connectivity index (χ1v) is 10.6. The van der Waals surface area contributed by atoms with Gasteiger partial charge in [0.1, 0.15) is 29.1 Å². The third-order valence-electron chi connectivity index (χ3n) is 5.65. The average molecular weight is 433 g/mol. The lowest BCUT2D eigenvalue weighted by Crippen LogP contribution is -2.59. The van der Waals surface area contributed by atoms with Crippen LogP contribution in [0.15, 0.2) is 42.5 Å². The number of nitrogens with zero attached hydrogens (tertiary/aromatic N) is 1. The molecular formula is C24H30F2N2O3. The molecule has 0 aliphatic carbocycles. The minimum absolute atomic E-state index is 0.0942. The van der Waals surface area contributed by atoms with Gasteiger partial charge in [-0.05, 0) is 62.1 Å². The van der Waals surface area contributed by atoms with Gasteiger partial charge in [-0.2, -0.15) is 0 Å². The molecule has 31 heavy (non-hydrogen) atoms. The molecule has 2 N–H and O–H groups in total. The number of carbonyl (C=O) groups excluding carboxylic acids is 1. The van der Waals surface area contributed by atoms with E-state index in [0.29, 0.717) is 42.9 Å². The third-order valence-corrected chi connectivity index (χ3v) is 5.65. The van der Waals surface area contributed by atoms with E-state index >= 15 is 0 Å². The molecule has 2 aromatic rings. The van der Waals surface area contributed by atoms with Crippen molar-refractivity contribution in [3.05, 3.63) is 59.7 Å². The van der Waals surface area contributed by atoms with Crippen LogP contribution in [0, 0.1) is 24.5 Å². The number of likely N-dealkylation sites (tertiary alicyclic amines) is 1. The molecule has 0 saturated carbocycles. The van der Waals surface area contributed by atoms with Gasteiger partial charge >= 0.3 is 0 Å². The van der Waals surface area contributed by atoms with Gasteiger partial charge in [-0.1, -0.05) is 19.9 Å². The molecule has 1 heterocycles. The largest absolute Gasteiger partial charge is 0.486 e. The first kappa shape index (κ1) is 23.2. The Morgan fingerprint density at radius 2 is 1.97 bits per heavy atom. The summed E-state index contributed by atoms with van der Waals surface area (Å²) in [6.07, 6.45) is 0.433. The van der Waals surface area contributed by atoms with Crippen molar-refractivity contribution in [3.63, 3.8) is 0 Å². The standard InChI is InChI=1S/C24H30F2N2O3/c1-16(2)13-24(30)11-12-28(14-22(24)31-19-9-7-18(25)8-10-19)15-23(29)27-21-6-4-5-20(26)17(21)3/h4-10,16,22,30H,11-15H2,1-3H3,(H,27,29)/t22-,24+/m0/s1. The van der Waals surface area contributed by atoms with Gasteiger partial charge in [0.2, 0.25) is 5.91 Å². The van der Waals surface area contributed by atoms with Crippen molar-refractivity contribution in [3.8, 4) is 5.75 Å². The first-order chi connectivity index (χ1) is 14.7. The molecule has 2 atom stereocenters. The van der Waals surface area contributed by atoms with Crippen molar-refractivity contribution in [1.82, 2.24) is 4.90 Å². The molecule has 0 bridgehead atoms. The van der Waals surface area contributed by atoms with Crippen molar-refractivity contribution >= 4 is 11.6 Å². The van der Waals surface area contributed by atoms with Crippen molar-refractivity contribution in [2.45, 2.75) is 45.3 Å². The number of ether oxygens (including phenoxy) is 1. The maximum atomic E-state index is 13.7. The molecule has 2 aromatic carbocycles. The third kappa shape index (κ3) is 6.02. The van der Waals surface area contributed by atoms with Crippen LogP contribution < -0.4 is 10.1 Å². The SMILES string of the molecule is Cc1c(F)cccc1NC(=O)CN1CC[C@@](O)(CC(C)C)[C@@H](Oc2ccc(F)cc2)C1. The highest BCUT2D eigenvalue weighted by Crippen LogP contribution is 2.32. The van der Waals surface area contributed by atoms with Gasteiger partial charge in [0.05, 0.1) is 6.54 Å². The Kier molecular flexibility index (Phi) is 7.28. The average Bonchev–Trinajstić information content (AvgIpc) is 2.69. The molecule has 0 unspecified atom stereocenters. The van der Waals surface area contributed by atoms with Crippen molar-refractivity contribution in [2.24, 2.45) is 5.92 Å². The zero-order valence-corrected chi connectivity index (χ0v) is 18.2. The van der Waals surface area contributed by atoms with E-state index in [1.54, 1.807) is 19.1 Å². The van der Waals surface area contributed by atoms with E-state index in [1.807, 2.05) is 18.7 Å². The number of anilines is 1. The Morgan fingerprint density at radius 3 is 2.65 bits per heavy atom. The maximum absolute atomic E-state index is 13.7. The van der Waals surface area contributed by atoms with Gasteiger partial charge in [0.25, 0.3) is 0 Å². The van der Waals surface area contributed by atoms with E-state index < -0.39 is 11.7 Å². The lowest BCUT2D eigenvalue weighted by Gasteiger charge is -2.45. The van der Waals surface area contributed by atoms with Crippen LogP contribution in [0.1, 0.15) is 32.3 Å². The Balaban J connectivity index is 1.69. The summed E-state index contributed by atoms with van der Waals surface area (Å²) in [6, 6.07) is 10.2. The number of nitrogens with one attached hydrogen (secondary N) is 1. The van der Waals surface area contributed by atoms with Crippen molar-refractivity contribution in [1.29, 1.82) is 0 Å². The van der Waals surface area contributed by atoms with E-state index in [2.05, 4.69) is 5.32 Å². The number of aliphatic hydroxyl groups is 1. The normalized spacial score (nSPS) is 21.8. The molecule has 1 fully saturated rings.